The van der Waals surface area contributed by atoms with E-state index < -0.39 is 11.7 Å². The third kappa shape index (κ3) is 7.71. The van der Waals surface area contributed by atoms with Gasteiger partial charge >= 0.3 is 6.18 Å². The van der Waals surface area contributed by atoms with Crippen LogP contribution in [-0.2, 0) is 11.0 Å². The van der Waals surface area contributed by atoms with Crippen LogP contribution in [0.15, 0.2) is 48.3 Å². The zero-order valence-corrected chi connectivity index (χ0v) is 28.9. The van der Waals surface area contributed by atoms with Crippen LogP contribution >= 0.6 is 0 Å². The molecule has 5 aliphatic rings. The van der Waals surface area contributed by atoms with Crippen LogP contribution in [-0.4, -0.2) is 116 Å². The number of nitrogens with zero attached hydrogens (tertiary/aromatic N) is 6. The van der Waals surface area contributed by atoms with E-state index in [0.717, 1.165) is 75.7 Å². The largest absolute Gasteiger partial charge is 0.494 e. The van der Waals surface area contributed by atoms with Crippen LogP contribution in [0.2, 0.25) is 0 Å². The molecule has 2 unspecified atom stereocenters. The van der Waals surface area contributed by atoms with Crippen molar-refractivity contribution in [1.29, 1.82) is 0 Å². The van der Waals surface area contributed by atoms with Crippen molar-refractivity contribution < 1.29 is 22.7 Å². The van der Waals surface area contributed by atoms with Crippen LogP contribution in [0.5, 0.6) is 5.75 Å². The fourth-order valence-corrected chi connectivity index (χ4v) is 8.22. The molecule has 11 nitrogen and oxygen atoms in total. The zero-order valence-electron chi connectivity index (χ0n) is 28.9. The van der Waals surface area contributed by atoms with E-state index in [1.54, 1.807) is 7.11 Å². The smallest absolute Gasteiger partial charge is 0.421 e. The molecule has 14 heteroatoms. The Balaban J connectivity index is 0.958. The van der Waals surface area contributed by atoms with Crippen LogP contribution in [0.4, 0.5) is 36.3 Å². The van der Waals surface area contributed by atoms with Gasteiger partial charge in [0.2, 0.25) is 11.9 Å². The van der Waals surface area contributed by atoms with Crippen LogP contribution in [0, 0.1) is 11.8 Å². The number of carbonyl (C=O) groups excluding carboxylic acids is 1. The number of allylic oxidation sites excluding steroid dienone is 3. The molecule has 2 aromatic rings. The van der Waals surface area contributed by atoms with Gasteiger partial charge in [-0.2, -0.15) is 18.2 Å². The molecule has 1 aromatic heterocycles. The molecule has 4 fully saturated rings. The van der Waals surface area contributed by atoms with E-state index in [2.05, 4.69) is 52.6 Å². The highest BCUT2D eigenvalue weighted by molar-refractivity contribution is 5.82. The number of amides is 1. The lowest BCUT2D eigenvalue weighted by Gasteiger charge is -2.46. The molecule has 270 valence electrons. The number of piperazine rings is 1. The van der Waals surface area contributed by atoms with E-state index in [4.69, 9.17) is 4.74 Å². The number of hydrogen-bond acceptors (Lipinski definition) is 10. The molecular formula is C36H48F3N9O2. The number of carbonyl (C=O) groups is 1. The van der Waals surface area contributed by atoms with Crippen molar-refractivity contribution in [3.8, 4) is 5.75 Å². The number of likely N-dealkylation sites (tertiary alicyclic amines) is 1. The Hall–Kier alpha value is -3.88. The normalized spacial score (nSPS) is 24.5. The number of rotatable bonds is 9. The Morgan fingerprint density at radius 2 is 1.66 bits per heavy atom. The number of alkyl halides is 3. The Bertz CT molecular complexity index is 1580. The average molecular weight is 696 g/mol. The number of nitrogens with one attached hydrogen (secondary N) is 3. The zero-order chi connectivity index (χ0) is 34.8. The van der Waals surface area contributed by atoms with E-state index in [0.29, 0.717) is 23.9 Å². The molecule has 50 heavy (non-hydrogen) atoms. The molecule has 1 aromatic carbocycles. The molecule has 0 spiro atoms. The van der Waals surface area contributed by atoms with Crippen LogP contribution in [0.3, 0.4) is 0 Å². The van der Waals surface area contributed by atoms with Crippen molar-refractivity contribution in [3.05, 3.63) is 53.9 Å². The summed E-state index contributed by atoms with van der Waals surface area (Å²) in [5.41, 5.74) is 1.44. The van der Waals surface area contributed by atoms with Crippen molar-refractivity contribution in [3.63, 3.8) is 0 Å². The summed E-state index contributed by atoms with van der Waals surface area (Å²) in [4.78, 5) is 30.4. The summed E-state index contributed by atoms with van der Waals surface area (Å²) in [6.07, 6.45) is 6.77. The highest BCUT2D eigenvalue weighted by Gasteiger charge is 2.37. The number of piperidine rings is 2. The minimum absolute atomic E-state index is 0.0146. The van der Waals surface area contributed by atoms with Gasteiger partial charge in [-0.15, -0.1) is 0 Å². The summed E-state index contributed by atoms with van der Waals surface area (Å²) in [6.45, 7) is 9.09. The number of halogens is 3. The predicted molar refractivity (Wildman–Crippen MR) is 188 cm³/mol. The van der Waals surface area contributed by atoms with Crippen molar-refractivity contribution in [2.75, 3.05) is 88.6 Å². The van der Waals surface area contributed by atoms with Crippen LogP contribution < -0.4 is 25.6 Å². The number of benzene rings is 1. The summed E-state index contributed by atoms with van der Waals surface area (Å²) >= 11 is 0. The molecule has 0 saturated carbocycles. The van der Waals surface area contributed by atoms with Gasteiger partial charge in [-0.3, -0.25) is 14.6 Å². The fourth-order valence-electron chi connectivity index (χ4n) is 8.22. The first kappa shape index (κ1) is 34.6. The lowest BCUT2D eigenvalue weighted by Crippen LogP contribution is -2.56. The first-order chi connectivity index (χ1) is 24.1. The van der Waals surface area contributed by atoms with Gasteiger partial charge in [0, 0.05) is 99.8 Å². The summed E-state index contributed by atoms with van der Waals surface area (Å²) in [5, 5.41) is 8.79. The summed E-state index contributed by atoms with van der Waals surface area (Å²) in [6, 6.07) is 7.16. The lowest BCUT2D eigenvalue weighted by molar-refractivity contribution is -0.137. The first-order valence-corrected chi connectivity index (χ1v) is 17.9. The second-order valence-electron chi connectivity index (χ2n) is 14.2. The standard InChI is InChI=1S/C36H48F3N9O2/c1-45-12-8-25(9-13-45)47-16-18-48(19-17-47)26-10-14-46(15-11-26)27-6-7-31(32(20-27)50-2)43-35-41-23-29(36(37,38)39)34(44-35)40-22-24-4-3-5-30-28(24)21-33(49)42-30/h3-7,20,23-26,28H,8-19,21-22H2,1-2H3,(H,42,49)(H2,40,41,43,44). The maximum atomic E-state index is 14.0. The third-order valence-electron chi connectivity index (χ3n) is 11.2. The minimum Gasteiger partial charge on any atom is -0.494 e. The fraction of sp³-hybridized carbons (Fsp3) is 0.583. The Kier molecular flexibility index (Phi) is 10.2. The summed E-state index contributed by atoms with van der Waals surface area (Å²) < 4.78 is 47.6. The first-order valence-electron chi connectivity index (χ1n) is 17.9. The molecule has 1 aliphatic carbocycles. The van der Waals surface area contributed by atoms with Gasteiger partial charge < -0.3 is 30.5 Å². The van der Waals surface area contributed by atoms with Gasteiger partial charge in [-0.1, -0.05) is 12.2 Å². The number of anilines is 4. The molecule has 7 rings (SSSR count). The minimum atomic E-state index is -4.65. The molecule has 2 atom stereocenters. The summed E-state index contributed by atoms with van der Waals surface area (Å²) in [5.74, 6) is -0.113. The number of ether oxygens (including phenoxy) is 1. The van der Waals surface area contributed by atoms with Gasteiger partial charge in [0.1, 0.15) is 17.1 Å². The lowest BCUT2D eigenvalue weighted by atomic mass is 9.85. The monoisotopic (exact) mass is 695 g/mol. The Morgan fingerprint density at radius 1 is 0.980 bits per heavy atom. The molecule has 4 aliphatic heterocycles. The second kappa shape index (κ2) is 14.8. The van der Waals surface area contributed by atoms with Crippen LogP contribution in [0.25, 0.3) is 0 Å². The number of aromatic nitrogens is 2. The predicted octanol–water partition coefficient (Wildman–Crippen LogP) is 4.55. The highest BCUT2D eigenvalue weighted by atomic mass is 19.4. The van der Waals surface area contributed by atoms with Crippen molar-refractivity contribution >= 4 is 29.0 Å². The molecule has 0 bridgehead atoms. The number of hydrogen-bond donors (Lipinski definition) is 3. The topological polar surface area (TPSA) is 101 Å². The van der Waals surface area contributed by atoms with Gasteiger partial charge in [0.15, 0.2) is 0 Å². The highest BCUT2D eigenvalue weighted by Crippen LogP contribution is 2.38. The van der Waals surface area contributed by atoms with Crippen molar-refractivity contribution in [2.45, 2.75) is 50.4 Å². The van der Waals surface area contributed by atoms with E-state index in [9.17, 15) is 18.0 Å². The Labute approximate surface area is 291 Å². The molecule has 0 radical (unpaired) electrons. The maximum absolute atomic E-state index is 14.0. The van der Waals surface area contributed by atoms with Gasteiger partial charge in [-0.25, -0.2) is 4.98 Å². The van der Waals surface area contributed by atoms with Crippen LogP contribution in [0.1, 0.15) is 37.7 Å². The van der Waals surface area contributed by atoms with Crippen molar-refractivity contribution in [2.24, 2.45) is 11.8 Å². The Morgan fingerprint density at radius 3 is 2.32 bits per heavy atom. The van der Waals surface area contributed by atoms with Crippen molar-refractivity contribution in [1.82, 2.24) is 30.0 Å². The number of methoxy groups -OCH3 is 1. The molecule has 1 amide bonds. The van der Waals surface area contributed by atoms with E-state index >= 15 is 0 Å². The SMILES string of the molecule is COc1cc(N2CCC(N3CCN(C4CCN(C)CC4)CC3)CC2)ccc1Nc1ncc(C(F)(F)F)c(NCC2C=CC=C3NC(=O)CC32)n1. The van der Waals surface area contributed by atoms with E-state index in [1.807, 2.05) is 36.4 Å². The quantitative estimate of drug-likeness (QED) is 0.347. The maximum Gasteiger partial charge on any atom is 0.421 e. The molecule has 5 heterocycles. The average Bonchev–Trinajstić information content (AvgIpc) is 3.52. The van der Waals surface area contributed by atoms with Gasteiger partial charge in [0.25, 0.3) is 0 Å². The van der Waals surface area contributed by atoms with Gasteiger partial charge in [-0.05, 0) is 64.0 Å². The second-order valence-corrected chi connectivity index (χ2v) is 14.2. The van der Waals surface area contributed by atoms with E-state index in [-0.39, 0.29) is 36.1 Å². The molecule has 4 saturated heterocycles. The summed E-state index contributed by atoms with van der Waals surface area (Å²) in [7, 11) is 3.79. The van der Waals surface area contributed by atoms with E-state index in [1.165, 1.54) is 25.9 Å². The molecule has 3 N–H and O–H groups in total. The third-order valence-corrected chi connectivity index (χ3v) is 11.2. The number of fused-ring (bicyclic) bond motifs is 1. The molecular weight excluding hydrogens is 647 g/mol. The van der Waals surface area contributed by atoms with Gasteiger partial charge in [0.05, 0.1) is 12.8 Å².